The number of nitrogens with one attached hydrogen (secondary N) is 1. The first kappa shape index (κ1) is 21.7. The van der Waals surface area contributed by atoms with E-state index in [1.54, 1.807) is 19.1 Å². The number of nitrogens with two attached hydrogens (primary N) is 1. The second kappa shape index (κ2) is 9.98. The van der Waals surface area contributed by atoms with Gasteiger partial charge in [-0.2, -0.15) is 0 Å². The molecular weight excluding hydrogens is 360 g/mol. The van der Waals surface area contributed by atoms with Crippen LogP contribution in [0.4, 0.5) is 5.82 Å². The summed E-state index contributed by atoms with van der Waals surface area (Å²) in [5.41, 5.74) is 8.04. The van der Waals surface area contributed by atoms with Gasteiger partial charge in [-0.15, -0.1) is 13.2 Å². The zero-order valence-electron chi connectivity index (χ0n) is 14.5. The fraction of sp³-hybridized carbons (Fsp3) is 0.278. The number of nitrogen functional groups attached to an aromatic ring is 1. The molecule has 0 fully saturated rings. The monoisotopic (exact) mass is 382 g/mol. The summed E-state index contributed by atoms with van der Waals surface area (Å²) >= 11 is 6.29. The molecule has 8 heteroatoms. The Hall–Kier alpha value is -2.32. The van der Waals surface area contributed by atoms with E-state index >= 15 is 0 Å². The van der Waals surface area contributed by atoms with Gasteiger partial charge < -0.3 is 30.8 Å². The highest BCUT2D eigenvalue weighted by Crippen LogP contribution is 2.39. The third-order valence-electron chi connectivity index (χ3n) is 3.73. The molecule has 0 saturated carbocycles. The van der Waals surface area contributed by atoms with Gasteiger partial charge in [-0.05, 0) is 29.2 Å². The van der Waals surface area contributed by atoms with Crippen molar-refractivity contribution < 1.29 is 24.9 Å². The summed E-state index contributed by atoms with van der Waals surface area (Å²) < 4.78 is 4.92. The second-order valence-corrected chi connectivity index (χ2v) is 5.40. The zero-order valence-corrected chi connectivity index (χ0v) is 15.3. The normalized spacial score (nSPS) is 10.2. The quantitative estimate of drug-likeness (QED) is 0.385. The molecule has 2 rings (SSSR count). The van der Waals surface area contributed by atoms with Gasteiger partial charge in [0.2, 0.25) is 0 Å². The predicted octanol–water partition coefficient (Wildman–Crippen LogP) is 2.37. The van der Waals surface area contributed by atoms with E-state index in [0.29, 0.717) is 27.8 Å². The Morgan fingerprint density at radius 3 is 2.31 bits per heavy atom. The van der Waals surface area contributed by atoms with Crippen molar-refractivity contribution in [3.63, 3.8) is 0 Å². The molecule has 1 aromatic heterocycles. The number of hydrogen-bond acceptors (Lipinski definition) is 6. The minimum absolute atomic E-state index is 0.0201. The van der Waals surface area contributed by atoms with Gasteiger partial charge in [-0.3, -0.25) is 0 Å². The molecule has 0 saturated heterocycles. The summed E-state index contributed by atoms with van der Waals surface area (Å²) in [6.45, 7) is 6.81. The van der Waals surface area contributed by atoms with Gasteiger partial charge in [0.15, 0.2) is 0 Å². The molecule has 0 aliphatic rings. The van der Waals surface area contributed by atoms with Gasteiger partial charge in [-0.1, -0.05) is 23.7 Å². The molecule has 142 valence electrons. The first-order chi connectivity index (χ1) is 12.5. The highest BCUT2D eigenvalue weighted by Gasteiger charge is 2.24. The van der Waals surface area contributed by atoms with E-state index < -0.39 is 12.6 Å². The molecule has 0 aliphatic carbocycles. The molecule has 0 bridgehead atoms. The smallest absolute Gasteiger partial charge is 0.356 e. The first-order valence-electron chi connectivity index (χ1n) is 7.80. The Balaban J connectivity index is 0.00000163. The summed E-state index contributed by atoms with van der Waals surface area (Å²) in [5.74, 6) is -0.501. The molecule has 0 amide bonds. The largest absolute Gasteiger partial charge is 0.461 e. The van der Waals surface area contributed by atoms with Crippen molar-refractivity contribution in [3.8, 4) is 11.1 Å². The van der Waals surface area contributed by atoms with E-state index in [1.807, 2.05) is 0 Å². The van der Waals surface area contributed by atoms with Crippen LogP contribution in [-0.2, 0) is 24.6 Å². The summed E-state index contributed by atoms with van der Waals surface area (Å²) in [7, 11) is 0. The molecule has 0 aliphatic heterocycles. The number of carbonyl (C=O) groups is 1. The third kappa shape index (κ3) is 4.08. The molecule has 0 atom stereocenters. The lowest BCUT2D eigenvalue weighted by atomic mass is 9.93. The number of rotatable bonds is 6. The van der Waals surface area contributed by atoms with Gasteiger partial charge in [0.25, 0.3) is 0 Å². The number of anilines is 1. The molecule has 7 nitrogen and oxygen atoms in total. The van der Waals surface area contributed by atoms with Crippen molar-refractivity contribution in [1.29, 1.82) is 0 Å². The second-order valence-electron chi connectivity index (χ2n) is 5.03. The Bertz CT molecular complexity index is 773. The lowest BCUT2D eigenvalue weighted by Gasteiger charge is -2.15. The van der Waals surface area contributed by atoms with Gasteiger partial charge in [0, 0.05) is 5.56 Å². The third-order valence-corrected chi connectivity index (χ3v) is 4.11. The lowest BCUT2D eigenvalue weighted by Crippen LogP contribution is -2.05. The van der Waals surface area contributed by atoms with Gasteiger partial charge in [0.05, 0.1) is 31.5 Å². The number of esters is 1. The maximum Gasteiger partial charge on any atom is 0.356 e. The number of carbonyl (C=O) groups excluding carboxylic acids is 1. The van der Waals surface area contributed by atoms with Crippen LogP contribution in [0.25, 0.3) is 11.1 Å². The van der Waals surface area contributed by atoms with E-state index in [4.69, 9.17) is 22.1 Å². The van der Waals surface area contributed by atoms with Crippen molar-refractivity contribution in [1.82, 2.24) is 4.98 Å². The lowest BCUT2D eigenvalue weighted by molar-refractivity contribution is 0.0520. The molecular formula is C18H23ClN2O5. The highest BCUT2D eigenvalue weighted by molar-refractivity contribution is 6.37. The Morgan fingerprint density at radius 1 is 1.19 bits per heavy atom. The minimum Gasteiger partial charge on any atom is -0.461 e. The van der Waals surface area contributed by atoms with Crippen LogP contribution in [0.15, 0.2) is 25.3 Å². The summed E-state index contributed by atoms with van der Waals surface area (Å²) in [4.78, 5) is 14.6. The summed E-state index contributed by atoms with van der Waals surface area (Å²) in [6.07, 6.45) is 0. The number of hydrogen-bond donors (Lipinski definition) is 5. The number of aromatic nitrogens is 1. The number of aliphatic hydroxyl groups excluding tert-OH is 3. The summed E-state index contributed by atoms with van der Waals surface area (Å²) in [5, 5.41) is 28.7. The minimum atomic E-state index is -0.639. The molecule has 0 spiro atoms. The molecule has 1 aromatic carbocycles. The van der Waals surface area contributed by atoms with Crippen LogP contribution < -0.4 is 5.73 Å². The number of aliphatic hydroxyl groups is 3. The van der Waals surface area contributed by atoms with Gasteiger partial charge in [0.1, 0.15) is 11.5 Å². The first-order valence-corrected chi connectivity index (χ1v) is 8.18. The molecule has 1 heterocycles. The van der Waals surface area contributed by atoms with Crippen molar-refractivity contribution in [2.24, 2.45) is 0 Å². The molecule has 0 radical (unpaired) electrons. The Kier molecular flexibility index (Phi) is 8.34. The molecule has 2 aromatic rings. The van der Waals surface area contributed by atoms with Crippen LogP contribution in [0.2, 0.25) is 5.02 Å². The maximum atomic E-state index is 11.9. The van der Waals surface area contributed by atoms with Crippen molar-refractivity contribution >= 4 is 23.4 Å². The highest BCUT2D eigenvalue weighted by atomic mass is 35.5. The van der Waals surface area contributed by atoms with Gasteiger partial charge in [-0.25, -0.2) is 4.79 Å². The Morgan fingerprint density at radius 2 is 1.81 bits per heavy atom. The topological polar surface area (TPSA) is 129 Å². The van der Waals surface area contributed by atoms with Crippen molar-refractivity contribution in [2.75, 3.05) is 12.3 Å². The fourth-order valence-electron chi connectivity index (χ4n) is 2.60. The SMILES string of the molecule is C=C.CCOC(=O)c1[nH]c(N)c(-c2ccc(CO)c(CO)c2CO)c1Cl. The van der Waals surface area contributed by atoms with Crippen LogP contribution in [0, 0.1) is 0 Å². The van der Waals surface area contributed by atoms with E-state index in [0.717, 1.165) is 0 Å². The number of aromatic amines is 1. The van der Waals surface area contributed by atoms with Gasteiger partial charge >= 0.3 is 5.97 Å². The molecule has 26 heavy (non-hydrogen) atoms. The van der Waals surface area contributed by atoms with E-state index in [9.17, 15) is 20.1 Å². The predicted molar refractivity (Wildman–Crippen MR) is 101 cm³/mol. The standard InChI is InChI=1S/C16H19ClN2O5.C2H4/c1-2-24-16(23)14-13(17)12(15(18)19-14)9-4-3-8(5-20)10(6-21)11(9)7-22;1-2/h3-4,19-22H,2,5-7,18H2,1H3;1-2H2. The van der Waals surface area contributed by atoms with Crippen LogP contribution >= 0.6 is 11.6 Å². The van der Waals surface area contributed by atoms with Crippen LogP contribution in [0.1, 0.15) is 34.1 Å². The Labute approximate surface area is 156 Å². The van der Waals surface area contributed by atoms with Crippen LogP contribution in [0.5, 0.6) is 0 Å². The van der Waals surface area contributed by atoms with E-state index in [-0.39, 0.29) is 36.4 Å². The number of halogens is 1. The van der Waals surface area contributed by atoms with Crippen LogP contribution in [0.3, 0.4) is 0 Å². The number of H-pyrrole nitrogens is 1. The van der Waals surface area contributed by atoms with Crippen molar-refractivity contribution in [3.05, 3.63) is 52.7 Å². The summed E-state index contributed by atoms with van der Waals surface area (Å²) in [6, 6.07) is 3.23. The molecule has 0 unspecified atom stereocenters. The number of benzene rings is 1. The van der Waals surface area contributed by atoms with E-state index in [1.165, 1.54) is 0 Å². The van der Waals surface area contributed by atoms with E-state index in [2.05, 4.69) is 18.1 Å². The fourth-order valence-corrected chi connectivity index (χ4v) is 2.93. The maximum absolute atomic E-state index is 11.9. The zero-order chi connectivity index (χ0) is 19.9. The average Bonchev–Trinajstić information content (AvgIpc) is 2.96. The van der Waals surface area contributed by atoms with Crippen molar-refractivity contribution in [2.45, 2.75) is 26.7 Å². The average molecular weight is 383 g/mol. The van der Waals surface area contributed by atoms with Crippen LogP contribution in [-0.4, -0.2) is 32.9 Å². The molecule has 6 N–H and O–H groups in total. The number of ether oxygens (including phenoxy) is 1.